The molecular weight excluding hydrogens is 356 g/mol. The summed E-state index contributed by atoms with van der Waals surface area (Å²) in [6, 6.07) is 9.75. The van der Waals surface area contributed by atoms with Gasteiger partial charge in [-0.05, 0) is 25.1 Å². The number of hydrogen-bond donors (Lipinski definition) is 2. The van der Waals surface area contributed by atoms with Crippen molar-refractivity contribution in [1.29, 1.82) is 0 Å². The van der Waals surface area contributed by atoms with E-state index in [2.05, 4.69) is 30.4 Å². The Kier molecular flexibility index (Phi) is 5.29. The average molecular weight is 375 g/mol. The number of anilines is 3. The number of aromatic nitrogens is 5. The van der Waals surface area contributed by atoms with Gasteiger partial charge < -0.3 is 20.5 Å². The summed E-state index contributed by atoms with van der Waals surface area (Å²) in [4.78, 5) is 19.1. The van der Waals surface area contributed by atoms with Gasteiger partial charge in [-0.3, -0.25) is 0 Å². The number of hydrogen-bond acceptors (Lipinski definition) is 9. The zero-order chi connectivity index (χ0) is 17.2. The molecule has 0 aliphatic carbocycles. The van der Waals surface area contributed by atoms with E-state index in [0.29, 0.717) is 23.5 Å². The molecule has 0 bridgehead atoms. The van der Waals surface area contributed by atoms with Crippen LogP contribution >= 0.6 is 12.4 Å². The molecule has 1 aliphatic rings. The van der Waals surface area contributed by atoms with Crippen molar-refractivity contribution in [2.24, 2.45) is 0 Å². The van der Waals surface area contributed by atoms with E-state index in [4.69, 9.17) is 10.3 Å². The minimum absolute atomic E-state index is 0. The number of nitrogens with zero attached hydrogens (tertiary/aromatic N) is 6. The van der Waals surface area contributed by atoms with Crippen molar-refractivity contribution >= 4 is 30.0 Å². The third-order valence-electron chi connectivity index (χ3n) is 4.14. The quantitative estimate of drug-likeness (QED) is 0.703. The van der Waals surface area contributed by atoms with Gasteiger partial charge in [0.05, 0.1) is 5.92 Å². The standard InChI is InChI=1S/C16H18N8O.ClH/c1-24(11-5-3-2-4-6-11)16-21-12(20-15(17)22-16)13-19-14(25-23-13)10-7-8-18-9-10;/h2-6,10,18H,7-9H2,1H3,(H2,17,20,21,22);1H. The first kappa shape index (κ1) is 18.0. The van der Waals surface area contributed by atoms with E-state index in [1.165, 1.54) is 0 Å². The minimum atomic E-state index is 0. The molecule has 3 aromatic rings. The first-order valence-electron chi connectivity index (χ1n) is 8.06. The molecule has 0 radical (unpaired) electrons. The lowest BCUT2D eigenvalue weighted by atomic mass is 10.1. The summed E-state index contributed by atoms with van der Waals surface area (Å²) in [5.41, 5.74) is 6.79. The molecule has 2 aromatic heterocycles. The summed E-state index contributed by atoms with van der Waals surface area (Å²) >= 11 is 0. The van der Waals surface area contributed by atoms with E-state index in [9.17, 15) is 0 Å². The summed E-state index contributed by atoms with van der Waals surface area (Å²) < 4.78 is 5.37. The topological polar surface area (TPSA) is 119 Å². The van der Waals surface area contributed by atoms with Crippen LogP contribution in [0.4, 0.5) is 17.6 Å². The number of halogens is 1. The fraction of sp³-hybridized carbons (Fsp3) is 0.312. The monoisotopic (exact) mass is 374 g/mol. The highest BCUT2D eigenvalue weighted by Crippen LogP contribution is 2.25. The molecular formula is C16H19ClN8O. The Morgan fingerprint density at radius 2 is 1.92 bits per heavy atom. The Morgan fingerprint density at radius 3 is 2.65 bits per heavy atom. The summed E-state index contributed by atoms with van der Waals surface area (Å²) in [5.74, 6) is 1.97. The fourth-order valence-corrected chi connectivity index (χ4v) is 2.76. The molecule has 26 heavy (non-hydrogen) atoms. The van der Waals surface area contributed by atoms with Crippen molar-refractivity contribution in [2.75, 3.05) is 30.8 Å². The number of nitrogens with one attached hydrogen (secondary N) is 1. The molecule has 0 amide bonds. The van der Waals surface area contributed by atoms with Gasteiger partial charge in [-0.2, -0.15) is 19.9 Å². The highest BCUT2D eigenvalue weighted by molar-refractivity contribution is 5.85. The summed E-state index contributed by atoms with van der Waals surface area (Å²) in [5, 5.41) is 7.28. The van der Waals surface area contributed by atoms with Crippen LogP contribution in [-0.2, 0) is 0 Å². The minimum Gasteiger partial charge on any atom is -0.368 e. The van der Waals surface area contributed by atoms with Gasteiger partial charge in [-0.1, -0.05) is 23.4 Å². The van der Waals surface area contributed by atoms with Gasteiger partial charge in [0, 0.05) is 19.3 Å². The van der Waals surface area contributed by atoms with Gasteiger partial charge in [0.25, 0.3) is 0 Å². The Hall–Kier alpha value is -2.78. The molecule has 9 nitrogen and oxygen atoms in total. The molecule has 0 spiro atoms. The van der Waals surface area contributed by atoms with Crippen molar-refractivity contribution in [2.45, 2.75) is 12.3 Å². The fourth-order valence-electron chi connectivity index (χ4n) is 2.76. The maximum absolute atomic E-state index is 5.86. The molecule has 4 rings (SSSR count). The molecule has 1 aromatic carbocycles. The summed E-state index contributed by atoms with van der Waals surface area (Å²) in [6.07, 6.45) is 0.975. The first-order chi connectivity index (χ1) is 12.2. The van der Waals surface area contributed by atoms with Crippen LogP contribution < -0.4 is 16.0 Å². The largest absolute Gasteiger partial charge is 0.368 e. The van der Waals surface area contributed by atoms with Crippen molar-refractivity contribution < 1.29 is 4.52 Å². The second kappa shape index (κ2) is 7.63. The van der Waals surface area contributed by atoms with Crippen LogP contribution in [0.2, 0.25) is 0 Å². The maximum Gasteiger partial charge on any atom is 0.240 e. The molecule has 3 heterocycles. The molecule has 1 fully saturated rings. The van der Waals surface area contributed by atoms with Gasteiger partial charge >= 0.3 is 0 Å². The summed E-state index contributed by atoms with van der Waals surface area (Å²) in [6.45, 7) is 1.79. The van der Waals surface area contributed by atoms with Crippen LogP contribution in [0.25, 0.3) is 11.6 Å². The SMILES string of the molecule is CN(c1ccccc1)c1nc(N)nc(-c2noc(C3CCNC3)n2)n1.Cl. The van der Waals surface area contributed by atoms with Crippen molar-refractivity contribution in [3.63, 3.8) is 0 Å². The molecule has 136 valence electrons. The van der Waals surface area contributed by atoms with E-state index >= 15 is 0 Å². The smallest absolute Gasteiger partial charge is 0.240 e. The van der Waals surface area contributed by atoms with Crippen LogP contribution in [0.15, 0.2) is 34.9 Å². The lowest BCUT2D eigenvalue weighted by Gasteiger charge is -2.17. The van der Waals surface area contributed by atoms with Crippen LogP contribution in [0, 0.1) is 0 Å². The molecule has 1 saturated heterocycles. The Bertz CT molecular complexity index is 866. The predicted octanol–water partition coefficient (Wildman–Crippen LogP) is 1.77. The number of nitrogens with two attached hydrogens (primary N) is 1. The van der Waals surface area contributed by atoms with E-state index in [1.807, 2.05) is 42.3 Å². The number of rotatable bonds is 4. The molecule has 3 N–H and O–H groups in total. The van der Waals surface area contributed by atoms with Crippen LogP contribution in [0.3, 0.4) is 0 Å². The van der Waals surface area contributed by atoms with Crippen LogP contribution in [0.5, 0.6) is 0 Å². The van der Waals surface area contributed by atoms with Crippen molar-refractivity contribution in [1.82, 2.24) is 30.4 Å². The highest BCUT2D eigenvalue weighted by Gasteiger charge is 2.24. The first-order valence-corrected chi connectivity index (χ1v) is 8.06. The molecule has 10 heteroatoms. The third kappa shape index (κ3) is 3.58. The molecule has 0 saturated carbocycles. The Labute approximate surface area is 156 Å². The second-order valence-electron chi connectivity index (χ2n) is 5.86. The maximum atomic E-state index is 5.86. The lowest BCUT2D eigenvalue weighted by molar-refractivity contribution is 0.359. The van der Waals surface area contributed by atoms with E-state index < -0.39 is 0 Å². The number of nitrogen functional groups attached to an aromatic ring is 1. The average Bonchev–Trinajstić information content (AvgIpc) is 3.32. The van der Waals surface area contributed by atoms with Gasteiger partial charge in [0.15, 0.2) is 0 Å². The van der Waals surface area contributed by atoms with Crippen LogP contribution in [-0.4, -0.2) is 45.2 Å². The van der Waals surface area contributed by atoms with E-state index in [1.54, 1.807) is 0 Å². The van der Waals surface area contributed by atoms with Crippen molar-refractivity contribution in [3.8, 4) is 11.6 Å². The van der Waals surface area contributed by atoms with E-state index in [0.717, 1.165) is 25.2 Å². The Morgan fingerprint density at radius 1 is 1.12 bits per heavy atom. The highest BCUT2D eigenvalue weighted by atomic mass is 35.5. The lowest BCUT2D eigenvalue weighted by Crippen LogP contribution is -2.15. The molecule has 1 atom stereocenters. The molecule has 1 aliphatic heterocycles. The third-order valence-corrected chi connectivity index (χ3v) is 4.14. The van der Waals surface area contributed by atoms with Crippen LogP contribution in [0.1, 0.15) is 18.2 Å². The van der Waals surface area contributed by atoms with Crippen molar-refractivity contribution in [3.05, 3.63) is 36.2 Å². The zero-order valence-corrected chi connectivity index (χ0v) is 15.0. The number of para-hydroxylation sites is 1. The zero-order valence-electron chi connectivity index (χ0n) is 14.2. The normalized spacial score (nSPS) is 16.3. The number of benzene rings is 1. The molecule has 1 unspecified atom stereocenters. The predicted molar refractivity (Wildman–Crippen MR) is 99.5 cm³/mol. The Balaban J connectivity index is 0.00000196. The second-order valence-corrected chi connectivity index (χ2v) is 5.86. The van der Waals surface area contributed by atoms with Gasteiger partial charge in [-0.15, -0.1) is 12.4 Å². The van der Waals surface area contributed by atoms with E-state index in [-0.39, 0.29) is 24.3 Å². The van der Waals surface area contributed by atoms with Gasteiger partial charge in [0.2, 0.25) is 29.4 Å². The summed E-state index contributed by atoms with van der Waals surface area (Å²) in [7, 11) is 1.86. The van der Waals surface area contributed by atoms with Gasteiger partial charge in [0.1, 0.15) is 0 Å². The van der Waals surface area contributed by atoms with Gasteiger partial charge in [-0.25, -0.2) is 0 Å².